The van der Waals surface area contributed by atoms with Gasteiger partial charge in [-0.1, -0.05) is 12.2 Å². The Labute approximate surface area is 109 Å². The van der Waals surface area contributed by atoms with Crippen LogP contribution in [0.15, 0.2) is 0 Å². The first kappa shape index (κ1) is 16.9. The van der Waals surface area contributed by atoms with Crippen LogP contribution in [-0.2, 0) is 4.74 Å². The van der Waals surface area contributed by atoms with Crippen molar-refractivity contribution in [3.8, 4) is 0 Å². The first-order chi connectivity index (χ1) is 7.91. The zero-order valence-electron chi connectivity index (χ0n) is 10.6. The molecule has 0 bridgehead atoms. The summed E-state index contributed by atoms with van der Waals surface area (Å²) in [6.07, 6.45) is -5.08. The molecule has 1 amide bonds. The summed E-state index contributed by atoms with van der Waals surface area (Å²) >= 11 is 4.72. The van der Waals surface area contributed by atoms with Crippen molar-refractivity contribution in [2.45, 2.75) is 45.5 Å². The summed E-state index contributed by atoms with van der Waals surface area (Å²) in [6, 6.07) is -0.739. The second-order valence-corrected chi connectivity index (χ2v) is 5.14. The van der Waals surface area contributed by atoms with Gasteiger partial charge in [-0.2, -0.15) is 13.2 Å². The monoisotopic (exact) mass is 286 g/mol. The van der Waals surface area contributed by atoms with Crippen LogP contribution in [0.25, 0.3) is 0 Å². The molecule has 0 aliphatic carbocycles. The molecule has 1 atom stereocenters. The number of amides is 1. The van der Waals surface area contributed by atoms with Crippen LogP contribution in [0.1, 0.15) is 27.7 Å². The minimum atomic E-state index is -4.35. The van der Waals surface area contributed by atoms with Crippen LogP contribution < -0.4 is 10.6 Å². The van der Waals surface area contributed by atoms with Gasteiger partial charge in [0.1, 0.15) is 12.1 Å². The number of thiocarbonyl (C=S) groups is 1. The van der Waals surface area contributed by atoms with Gasteiger partial charge >= 0.3 is 12.3 Å². The second-order valence-electron chi connectivity index (χ2n) is 4.70. The summed E-state index contributed by atoms with van der Waals surface area (Å²) < 4.78 is 40.7. The molecule has 0 radical (unpaired) electrons. The van der Waals surface area contributed by atoms with Crippen LogP contribution >= 0.6 is 12.2 Å². The fourth-order valence-electron chi connectivity index (χ4n) is 0.890. The number of alkyl halides is 3. The van der Waals surface area contributed by atoms with E-state index in [1.165, 1.54) is 6.92 Å². The van der Waals surface area contributed by atoms with Crippen LogP contribution in [0, 0.1) is 0 Å². The Hall–Kier alpha value is -1.05. The quantitative estimate of drug-likeness (QED) is 0.782. The maximum Gasteiger partial charge on any atom is 0.408 e. The van der Waals surface area contributed by atoms with E-state index in [1.807, 2.05) is 5.32 Å². The molecular weight excluding hydrogens is 269 g/mol. The minimum Gasteiger partial charge on any atom is -0.444 e. The number of hydrogen-bond acceptors (Lipinski definition) is 3. The molecule has 0 heterocycles. The Bertz CT molecular complexity index is 313. The van der Waals surface area contributed by atoms with E-state index in [0.29, 0.717) is 0 Å². The molecule has 2 N–H and O–H groups in total. The van der Waals surface area contributed by atoms with Crippen LogP contribution in [0.3, 0.4) is 0 Å². The van der Waals surface area contributed by atoms with E-state index in [2.05, 4.69) is 5.32 Å². The predicted molar refractivity (Wildman–Crippen MR) is 65.5 cm³/mol. The zero-order valence-corrected chi connectivity index (χ0v) is 11.5. The maximum atomic E-state index is 11.9. The topological polar surface area (TPSA) is 50.4 Å². The zero-order chi connectivity index (χ0) is 14.6. The van der Waals surface area contributed by atoms with Crippen molar-refractivity contribution < 1.29 is 22.7 Å². The van der Waals surface area contributed by atoms with Gasteiger partial charge in [-0.05, 0) is 27.7 Å². The second kappa shape index (κ2) is 6.21. The fourth-order valence-corrected chi connectivity index (χ4v) is 1.02. The molecule has 0 spiro atoms. The lowest BCUT2D eigenvalue weighted by atomic mass is 10.2. The highest BCUT2D eigenvalue weighted by molar-refractivity contribution is 7.80. The van der Waals surface area contributed by atoms with Crippen molar-refractivity contribution in [2.24, 2.45) is 0 Å². The molecule has 0 fully saturated rings. The smallest absolute Gasteiger partial charge is 0.408 e. The van der Waals surface area contributed by atoms with Gasteiger partial charge in [0, 0.05) is 0 Å². The predicted octanol–water partition coefficient (Wildman–Crippen LogP) is 2.38. The highest BCUT2D eigenvalue weighted by Crippen LogP contribution is 2.12. The lowest BCUT2D eigenvalue weighted by Crippen LogP contribution is -2.47. The molecule has 0 aromatic heterocycles. The third kappa shape index (κ3) is 9.03. The summed E-state index contributed by atoms with van der Waals surface area (Å²) in [4.78, 5) is 11.2. The molecule has 8 heteroatoms. The molecule has 0 rings (SSSR count). The standard InChI is InChI=1S/C10H17F3N2O2S/c1-6(7(18)14-5-10(11,12)13)15-8(16)17-9(2,3)4/h6H,5H2,1-4H3,(H,14,18)(H,15,16). The molecule has 18 heavy (non-hydrogen) atoms. The lowest BCUT2D eigenvalue weighted by molar-refractivity contribution is -0.121. The summed E-state index contributed by atoms with van der Waals surface area (Å²) in [5.41, 5.74) is -0.676. The molecular formula is C10H17F3N2O2S. The van der Waals surface area contributed by atoms with E-state index in [9.17, 15) is 18.0 Å². The Kier molecular flexibility index (Phi) is 5.85. The highest BCUT2D eigenvalue weighted by Gasteiger charge is 2.28. The van der Waals surface area contributed by atoms with E-state index in [0.717, 1.165) is 0 Å². The Morgan fingerprint density at radius 1 is 1.33 bits per heavy atom. The molecule has 106 valence electrons. The Morgan fingerprint density at radius 2 is 1.83 bits per heavy atom. The lowest BCUT2D eigenvalue weighted by Gasteiger charge is -2.22. The number of halogens is 3. The Balaban J connectivity index is 4.13. The van der Waals surface area contributed by atoms with Crippen molar-refractivity contribution in [1.29, 1.82) is 0 Å². The Morgan fingerprint density at radius 3 is 2.22 bits per heavy atom. The number of ether oxygens (including phenoxy) is 1. The van der Waals surface area contributed by atoms with Crippen LogP contribution in [0.5, 0.6) is 0 Å². The average molecular weight is 286 g/mol. The molecule has 0 saturated heterocycles. The van der Waals surface area contributed by atoms with E-state index in [4.69, 9.17) is 17.0 Å². The molecule has 0 saturated carbocycles. The van der Waals surface area contributed by atoms with Crippen molar-refractivity contribution in [3.05, 3.63) is 0 Å². The van der Waals surface area contributed by atoms with Gasteiger partial charge in [0.05, 0.1) is 11.0 Å². The van der Waals surface area contributed by atoms with Gasteiger partial charge in [-0.15, -0.1) is 0 Å². The molecule has 0 aliphatic rings. The van der Waals surface area contributed by atoms with Gasteiger partial charge < -0.3 is 15.4 Å². The summed E-state index contributed by atoms with van der Waals surface area (Å²) in [6.45, 7) is 5.27. The molecule has 0 aromatic rings. The van der Waals surface area contributed by atoms with Gasteiger partial charge in [-0.3, -0.25) is 0 Å². The largest absolute Gasteiger partial charge is 0.444 e. The molecule has 4 nitrogen and oxygen atoms in total. The number of hydrogen-bond donors (Lipinski definition) is 2. The van der Waals surface area contributed by atoms with Gasteiger partial charge in [0.2, 0.25) is 0 Å². The van der Waals surface area contributed by atoms with Crippen LogP contribution in [0.2, 0.25) is 0 Å². The van der Waals surface area contributed by atoms with Gasteiger partial charge in [-0.25, -0.2) is 4.79 Å². The first-order valence-corrected chi connectivity index (χ1v) is 5.65. The van der Waals surface area contributed by atoms with Crippen molar-refractivity contribution >= 4 is 23.3 Å². The minimum absolute atomic E-state index is 0.0989. The third-order valence-corrected chi connectivity index (χ3v) is 2.09. The first-order valence-electron chi connectivity index (χ1n) is 5.25. The molecule has 1 unspecified atom stereocenters. The fraction of sp³-hybridized carbons (Fsp3) is 0.800. The molecule has 0 aromatic carbocycles. The summed E-state index contributed by atoms with van der Waals surface area (Å²) in [5.74, 6) is 0. The summed E-state index contributed by atoms with van der Waals surface area (Å²) in [5, 5.41) is 4.37. The van der Waals surface area contributed by atoms with Gasteiger partial charge in [0.25, 0.3) is 0 Å². The van der Waals surface area contributed by atoms with Crippen LogP contribution in [0.4, 0.5) is 18.0 Å². The van der Waals surface area contributed by atoms with E-state index in [-0.39, 0.29) is 4.99 Å². The van der Waals surface area contributed by atoms with E-state index in [1.54, 1.807) is 20.8 Å². The SMILES string of the molecule is CC(NC(=O)OC(C)(C)C)C(=S)NCC(F)(F)F. The number of rotatable bonds is 3. The number of alkyl carbamates (subject to hydrolysis) is 1. The number of carbonyl (C=O) groups excluding carboxylic acids is 1. The average Bonchev–Trinajstić information content (AvgIpc) is 2.09. The van der Waals surface area contributed by atoms with Crippen LogP contribution in [-0.4, -0.2) is 35.4 Å². The highest BCUT2D eigenvalue weighted by atomic mass is 32.1. The third-order valence-electron chi connectivity index (χ3n) is 1.59. The number of nitrogens with one attached hydrogen (secondary N) is 2. The summed E-state index contributed by atoms with van der Waals surface area (Å²) in [7, 11) is 0. The maximum absolute atomic E-state index is 11.9. The van der Waals surface area contributed by atoms with E-state index >= 15 is 0 Å². The van der Waals surface area contributed by atoms with E-state index < -0.39 is 30.5 Å². The van der Waals surface area contributed by atoms with Crippen molar-refractivity contribution in [2.75, 3.05) is 6.54 Å². The molecule has 0 aliphatic heterocycles. The number of carbonyl (C=O) groups is 1. The van der Waals surface area contributed by atoms with Gasteiger partial charge in [0.15, 0.2) is 0 Å². The normalized spacial score (nSPS) is 13.7. The van der Waals surface area contributed by atoms with Crippen molar-refractivity contribution in [1.82, 2.24) is 10.6 Å². The van der Waals surface area contributed by atoms with Crippen molar-refractivity contribution in [3.63, 3.8) is 0 Å².